The SMILES string of the molecule is CCc1ccc(CN)c(CNC(=O)c2cc(C)cc(-c3cnccc3C(C)C)c2)c1. The van der Waals surface area contributed by atoms with Crippen LogP contribution in [0.3, 0.4) is 0 Å². The molecule has 3 N–H and O–H groups in total. The maximum absolute atomic E-state index is 13.0. The van der Waals surface area contributed by atoms with Gasteiger partial charge in [-0.3, -0.25) is 9.78 Å². The molecule has 0 saturated carbocycles. The third-order valence-electron chi connectivity index (χ3n) is 5.47. The van der Waals surface area contributed by atoms with Crippen molar-refractivity contribution in [1.29, 1.82) is 0 Å². The van der Waals surface area contributed by atoms with E-state index in [-0.39, 0.29) is 5.91 Å². The quantitative estimate of drug-likeness (QED) is 0.576. The van der Waals surface area contributed by atoms with Crippen molar-refractivity contribution in [1.82, 2.24) is 10.3 Å². The van der Waals surface area contributed by atoms with E-state index < -0.39 is 0 Å². The topological polar surface area (TPSA) is 68.0 Å². The molecule has 30 heavy (non-hydrogen) atoms. The molecule has 156 valence electrons. The van der Waals surface area contributed by atoms with Crippen LogP contribution in [0.4, 0.5) is 0 Å². The molecule has 3 rings (SSSR count). The molecule has 0 aliphatic rings. The molecule has 4 heteroatoms. The summed E-state index contributed by atoms with van der Waals surface area (Å²) in [5, 5.41) is 3.07. The predicted octanol–water partition coefficient (Wildman–Crippen LogP) is 5.13. The number of pyridine rings is 1. The van der Waals surface area contributed by atoms with E-state index in [1.54, 1.807) is 0 Å². The Morgan fingerprint density at radius 2 is 1.90 bits per heavy atom. The van der Waals surface area contributed by atoms with Gasteiger partial charge in [-0.1, -0.05) is 45.0 Å². The molecule has 0 aliphatic heterocycles. The van der Waals surface area contributed by atoms with Crippen LogP contribution in [-0.2, 0) is 19.5 Å². The first kappa shape index (κ1) is 21.7. The lowest BCUT2D eigenvalue weighted by Gasteiger charge is -2.15. The van der Waals surface area contributed by atoms with Crippen LogP contribution >= 0.6 is 0 Å². The molecule has 1 heterocycles. The summed E-state index contributed by atoms with van der Waals surface area (Å²) in [6.07, 6.45) is 4.66. The van der Waals surface area contributed by atoms with Gasteiger partial charge in [0.15, 0.2) is 0 Å². The van der Waals surface area contributed by atoms with Crippen molar-refractivity contribution in [3.05, 3.63) is 88.2 Å². The number of benzene rings is 2. The second kappa shape index (κ2) is 9.68. The van der Waals surface area contributed by atoms with E-state index in [4.69, 9.17) is 5.73 Å². The maximum Gasteiger partial charge on any atom is 0.251 e. The van der Waals surface area contributed by atoms with E-state index in [0.717, 1.165) is 34.2 Å². The minimum absolute atomic E-state index is 0.0835. The van der Waals surface area contributed by atoms with Crippen LogP contribution in [0.1, 0.15) is 64.9 Å². The third kappa shape index (κ3) is 4.95. The predicted molar refractivity (Wildman–Crippen MR) is 123 cm³/mol. The molecular weight excluding hydrogens is 370 g/mol. The fourth-order valence-corrected chi connectivity index (χ4v) is 3.76. The van der Waals surface area contributed by atoms with Crippen molar-refractivity contribution >= 4 is 5.91 Å². The molecule has 1 aromatic heterocycles. The molecule has 3 aromatic rings. The highest BCUT2D eigenvalue weighted by Gasteiger charge is 2.13. The number of carbonyl (C=O) groups is 1. The molecule has 1 amide bonds. The van der Waals surface area contributed by atoms with E-state index in [1.807, 2.05) is 31.5 Å². The molecule has 0 unspecified atom stereocenters. The van der Waals surface area contributed by atoms with Gasteiger partial charge in [0.1, 0.15) is 0 Å². The number of carbonyl (C=O) groups excluding carboxylic acids is 1. The Balaban J connectivity index is 1.86. The standard InChI is InChI=1S/C26H31N3O/c1-5-19-6-7-20(14-27)23(12-19)15-29-26(30)22-11-18(4)10-21(13-22)25-16-28-9-8-24(25)17(2)3/h6-13,16-17H,5,14-15,27H2,1-4H3,(H,29,30). The first-order valence-corrected chi connectivity index (χ1v) is 10.6. The Hall–Kier alpha value is -2.98. The van der Waals surface area contributed by atoms with E-state index >= 15 is 0 Å². The van der Waals surface area contributed by atoms with Gasteiger partial charge >= 0.3 is 0 Å². The van der Waals surface area contributed by atoms with Crippen LogP contribution < -0.4 is 11.1 Å². The van der Waals surface area contributed by atoms with Gasteiger partial charge < -0.3 is 11.1 Å². The van der Waals surface area contributed by atoms with Crippen LogP contribution in [0.5, 0.6) is 0 Å². The van der Waals surface area contributed by atoms with Crippen molar-refractivity contribution in [3.8, 4) is 11.1 Å². The molecule has 4 nitrogen and oxygen atoms in total. The third-order valence-corrected chi connectivity index (χ3v) is 5.47. The summed E-state index contributed by atoms with van der Waals surface area (Å²) < 4.78 is 0. The zero-order valence-electron chi connectivity index (χ0n) is 18.3. The highest BCUT2D eigenvalue weighted by atomic mass is 16.1. The normalized spacial score (nSPS) is 11.0. The number of nitrogens with one attached hydrogen (secondary N) is 1. The Morgan fingerprint density at radius 3 is 2.60 bits per heavy atom. The summed E-state index contributed by atoms with van der Waals surface area (Å²) in [5.74, 6) is 0.293. The van der Waals surface area contributed by atoms with Crippen molar-refractivity contribution in [2.24, 2.45) is 5.73 Å². The molecule has 0 atom stereocenters. The van der Waals surface area contributed by atoms with Crippen LogP contribution in [0.15, 0.2) is 54.9 Å². The number of aromatic nitrogens is 1. The van der Waals surface area contributed by atoms with Crippen molar-refractivity contribution in [2.75, 3.05) is 0 Å². The average Bonchev–Trinajstić information content (AvgIpc) is 2.76. The molecule has 2 aromatic carbocycles. The summed E-state index contributed by atoms with van der Waals surface area (Å²) in [5.41, 5.74) is 14.3. The first-order chi connectivity index (χ1) is 14.4. The first-order valence-electron chi connectivity index (χ1n) is 10.6. The molecule has 0 aliphatic carbocycles. The lowest BCUT2D eigenvalue weighted by atomic mass is 9.92. The Morgan fingerprint density at radius 1 is 1.10 bits per heavy atom. The van der Waals surface area contributed by atoms with Crippen molar-refractivity contribution < 1.29 is 4.79 Å². The molecule has 0 radical (unpaired) electrons. The van der Waals surface area contributed by atoms with Crippen LogP contribution in [0, 0.1) is 6.92 Å². The Bertz CT molecular complexity index is 1040. The number of hydrogen-bond donors (Lipinski definition) is 2. The van der Waals surface area contributed by atoms with Gasteiger partial charge in [-0.15, -0.1) is 0 Å². The van der Waals surface area contributed by atoms with Gasteiger partial charge in [0.25, 0.3) is 5.91 Å². The van der Waals surface area contributed by atoms with Gasteiger partial charge in [0.2, 0.25) is 0 Å². The number of rotatable bonds is 7. The van der Waals surface area contributed by atoms with Gasteiger partial charge in [0.05, 0.1) is 0 Å². The fourth-order valence-electron chi connectivity index (χ4n) is 3.76. The van der Waals surface area contributed by atoms with Gasteiger partial charge in [-0.25, -0.2) is 0 Å². The molecular formula is C26H31N3O. The van der Waals surface area contributed by atoms with Crippen LogP contribution in [0.2, 0.25) is 0 Å². The van der Waals surface area contributed by atoms with E-state index in [9.17, 15) is 4.79 Å². The van der Waals surface area contributed by atoms with Crippen LogP contribution in [-0.4, -0.2) is 10.9 Å². The van der Waals surface area contributed by atoms with Crippen LogP contribution in [0.25, 0.3) is 11.1 Å². The fraction of sp³-hybridized carbons (Fsp3) is 0.308. The molecule has 0 bridgehead atoms. The number of nitrogens with two attached hydrogens (primary N) is 1. The van der Waals surface area contributed by atoms with Crippen molar-refractivity contribution in [2.45, 2.75) is 53.1 Å². The number of aryl methyl sites for hydroxylation is 2. The minimum atomic E-state index is -0.0835. The monoisotopic (exact) mass is 401 g/mol. The van der Waals surface area contributed by atoms with E-state index in [0.29, 0.717) is 24.6 Å². The Labute approximate surface area is 179 Å². The summed E-state index contributed by atoms with van der Waals surface area (Å²) >= 11 is 0. The zero-order chi connectivity index (χ0) is 21.7. The lowest BCUT2D eigenvalue weighted by Crippen LogP contribution is -2.24. The number of hydrogen-bond acceptors (Lipinski definition) is 3. The summed E-state index contributed by atoms with van der Waals surface area (Å²) in [7, 11) is 0. The molecule has 0 saturated heterocycles. The maximum atomic E-state index is 13.0. The Kier molecular flexibility index (Phi) is 7.01. The second-order valence-electron chi connectivity index (χ2n) is 8.05. The largest absolute Gasteiger partial charge is 0.348 e. The summed E-state index contributed by atoms with van der Waals surface area (Å²) in [4.78, 5) is 17.3. The smallest absolute Gasteiger partial charge is 0.251 e. The summed E-state index contributed by atoms with van der Waals surface area (Å²) in [6.45, 7) is 9.40. The summed E-state index contributed by atoms with van der Waals surface area (Å²) in [6, 6.07) is 14.3. The van der Waals surface area contributed by atoms with Gasteiger partial charge in [-0.2, -0.15) is 0 Å². The van der Waals surface area contributed by atoms with Gasteiger partial charge in [0, 0.05) is 36.6 Å². The highest BCUT2D eigenvalue weighted by molar-refractivity contribution is 5.95. The van der Waals surface area contributed by atoms with E-state index in [2.05, 4.69) is 61.4 Å². The number of nitrogens with zero attached hydrogens (tertiary/aromatic N) is 1. The zero-order valence-corrected chi connectivity index (χ0v) is 18.3. The van der Waals surface area contributed by atoms with E-state index in [1.165, 1.54) is 11.1 Å². The number of amides is 1. The molecule has 0 fully saturated rings. The second-order valence-corrected chi connectivity index (χ2v) is 8.05. The lowest BCUT2D eigenvalue weighted by molar-refractivity contribution is 0.0950. The van der Waals surface area contributed by atoms with Crippen molar-refractivity contribution in [3.63, 3.8) is 0 Å². The van der Waals surface area contributed by atoms with Gasteiger partial charge in [-0.05, 0) is 70.8 Å². The minimum Gasteiger partial charge on any atom is -0.348 e. The molecule has 0 spiro atoms. The highest BCUT2D eigenvalue weighted by Crippen LogP contribution is 2.29. The average molecular weight is 402 g/mol.